The van der Waals surface area contributed by atoms with E-state index in [1.165, 1.54) is 6.07 Å². The van der Waals surface area contributed by atoms with Gasteiger partial charge in [0.05, 0.1) is 0 Å². The van der Waals surface area contributed by atoms with Crippen LogP contribution in [0, 0.1) is 5.82 Å². The van der Waals surface area contributed by atoms with Crippen molar-refractivity contribution in [1.82, 2.24) is 10.1 Å². The Kier molecular flexibility index (Phi) is 4.42. The lowest BCUT2D eigenvalue weighted by Crippen LogP contribution is -2.38. The van der Waals surface area contributed by atoms with Crippen molar-refractivity contribution in [2.75, 3.05) is 19.9 Å². The van der Waals surface area contributed by atoms with E-state index in [1.807, 2.05) is 18.2 Å². The molecule has 0 radical (unpaired) electrons. The molecular weight excluding hydrogens is 375 g/mol. The van der Waals surface area contributed by atoms with Crippen molar-refractivity contribution >= 4 is 5.91 Å². The van der Waals surface area contributed by atoms with Crippen LogP contribution in [0.3, 0.4) is 0 Å². The Morgan fingerprint density at radius 2 is 1.86 bits per heavy atom. The van der Waals surface area contributed by atoms with Gasteiger partial charge in [-0.3, -0.25) is 4.79 Å². The van der Waals surface area contributed by atoms with Gasteiger partial charge < -0.3 is 18.9 Å². The van der Waals surface area contributed by atoms with Crippen LogP contribution in [0.15, 0.2) is 53.1 Å². The first kappa shape index (κ1) is 17.7. The number of carbonyl (C=O) groups is 1. The zero-order chi connectivity index (χ0) is 19.8. The maximum absolute atomic E-state index is 13.5. The summed E-state index contributed by atoms with van der Waals surface area (Å²) in [7, 11) is 0. The maximum Gasteiger partial charge on any atom is 0.276 e. The number of hydrogen-bond donors (Lipinski definition) is 0. The summed E-state index contributed by atoms with van der Waals surface area (Å²) in [5, 5.41) is 3.96. The normalized spacial score (nSPS) is 16.2. The largest absolute Gasteiger partial charge is 0.454 e. The highest BCUT2D eigenvalue weighted by atomic mass is 19.1. The van der Waals surface area contributed by atoms with Gasteiger partial charge in [0.2, 0.25) is 6.79 Å². The van der Waals surface area contributed by atoms with Gasteiger partial charge in [0.1, 0.15) is 5.82 Å². The molecule has 3 aromatic rings. The molecule has 5 rings (SSSR count). The Bertz CT molecular complexity index is 1060. The van der Waals surface area contributed by atoms with Crippen LogP contribution in [0.1, 0.15) is 34.8 Å². The highest BCUT2D eigenvalue weighted by Gasteiger charge is 2.27. The van der Waals surface area contributed by atoms with Gasteiger partial charge in [0.15, 0.2) is 23.0 Å². The molecule has 3 heterocycles. The van der Waals surface area contributed by atoms with Gasteiger partial charge >= 0.3 is 0 Å². The average molecular weight is 394 g/mol. The molecule has 2 aromatic carbocycles. The molecule has 2 aliphatic rings. The van der Waals surface area contributed by atoms with E-state index in [4.69, 9.17) is 14.0 Å². The molecule has 0 N–H and O–H groups in total. The van der Waals surface area contributed by atoms with E-state index < -0.39 is 0 Å². The van der Waals surface area contributed by atoms with Crippen molar-refractivity contribution in [1.29, 1.82) is 0 Å². The summed E-state index contributed by atoms with van der Waals surface area (Å²) in [5.74, 6) is 1.72. The number of nitrogens with zero attached hydrogens (tertiary/aromatic N) is 2. The third kappa shape index (κ3) is 3.44. The van der Waals surface area contributed by atoms with Gasteiger partial charge in [0, 0.05) is 24.7 Å². The number of hydrogen-bond acceptors (Lipinski definition) is 5. The fourth-order valence-corrected chi connectivity index (χ4v) is 3.90. The molecule has 1 amide bonds. The first-order chi connectivity index (χ1) is 14.2. The number of ether oxygens (including phenoxy) is 2. The number of benzene rings is 2. The molecule has 7 heteroatoms. The number of rotatable bonds is 3. The summed E-state index contributed by atoms with van der Waals surface area (Å²) < 4.78 is 29.5. The molecule has 0 bridgehead atoms. The highest BCUT2D eigenvalue weighted by molar-refractivity contribution is 5.93. The quantitative estimate of drug-likeness (QED) is 0.665. The second kappa shape index (κ2) is 7.24. The standard InChI is InChI=1S/C22H19FN2O4/c23-17-3-1-2-15(10-17)14-6-8-25(9-7-14)22(26)18-12-20(29-24-18)16-4-5-19-21(11-16)28-13-27-19/h1-5,10-12,14H,6-9,13H2. The van der Waals surface area contributed by atoms with Gasteiger partial charge in [-0.15, -0.1) is 0 Å². The number of carbonyl (C=O) groups excluding carboxylic acids is 1. The lowest BCUT2D eigenvalue weighted by molar-refractivity contribution is 0.0702. The molecule has 29 heavy (non-hydrogen) atoms. The Hall–Kier alpha value is -3.35. The van der Waals surface area contributed by atoms with E-state index in [1.54, 1.807) is 29.2 Å². The first-order valence-corrected chi connectivity index (χ1v) is 9.59. The van der Waals surface area contributed by atoms with E-state index in [0.717, 1.165) is 24.0 Å². The van der Waals surface area contributed by atoms with Crippen molar-refractivity contribution in [3.05, 3.63) is 65.6 Å². The third-order valence-electron chi connectivity index (χ3n) is 5.49. The minimum absolute atomic E-state index is 0.154. The molecule has 148 valence electrons. The third-order valence-corrected chi connectivity index (χ3v) is 5.49. The van der Waals surface area contributed by atoms with Crippen LogP contribution in [0.25, 0.3) is 11.3 Å². The first-order valence-electron chi connectivity index (χ1n) is 9.59. The molecule has 0 saturated carbocycles. The molecule has 1 aromatic heterocycles. The summed E-state index contributed by atoms with van der Waals surface area (Å²) in [6, 6.07) is 13.8. The Morgan fingerprint density at radius 3 is 2.69 bits per heavy atom. The molecule has 0 atom stereocenters. The second-order valence-corrected chi connectivity index (χ2v) is 7.27. The number of likely N-dealkylation sites (tertiary alicyclic amines) is 1. The van der Waals surface area contributed by atoms with E-state index in [0.29, 0.717) is 30.3 Å². The van der Waals surface area contributed by atoms with E-state index in [2.05, 4.69) is 5.16 Å². The monoisotopic (exact) mass is 394 g/mol. The summed E-state index contributed by atoms with van der Waals surface area (Å²) in [4.78, 5) is 14.6. The van der Waals surface area contributed by atoms with Gasteiger partial charge in [-0.25, -0.2) is 4.39 Å². The zero-order valence-electron chi connectivity index (χ0n) is 15.6. The predicted octanol–water partition coefficient (Wildman–Crippen LogP) is 4.23. The summed E-state index contributed by atoms with van der Waals surface area (Å²) in [5.41, 5.74) is 2.04. The van der Waals surface area contributed by atoms with Crippen LogP contribution in [0.4, 0.5) is 4.39 Å². The molecule has 0 spiro atoms. The lowest BCUT2D eigenvalue weighted by atomic mass is 9.89. The van der Waals surface area contributed by atoms with Gasteiger partial charge in [-0.05, 0) is 54.7 Å². The van der Waals surface area contributed by atoms with Gasteiger partial charge in [-0.2, -0.15) is 0 Å². The van der Waals surface area contributed by atoms with Crippen LogP contribution in [-0.4, -0.2) is 35.8 Å². The molecular formula is C22H19FN2O4. The molecule has 1 saturated heterocycles. The molecule has 6 nitrogen and oxygen atoms in total. The minimum Gasteiger partial charge on any atom is -0.454 e. The fourth-order valence-electron chi connectivity index (χ4n) is 3.90. The summed E-state index contributed by atoms with van der Waals surface area (Å²) >= 11 is 0. The van der Waals surface area contributed by atoms with Gasteiger partial charge in [-0.1, -0.05) is 17.3 Å². The van der Waals surface area contributed by atoms with Crippen LogP contribution in [0.5, 0.6) is 11.5 Å². The van der Waals surface area contributed by atoms with Gasteiger partial charge in [0.25, 0.3) is 5.91 Å². The highest BCUT2D eigenvalue weighted by Crippen LogP contribution is 2.36. The van der Waals surface area contributed by atoms with E-state index in [9.17, 15) is 9.18 Å². The predicted molar refractivity (Wildman–Crippen MR) is 102 cm³/mol. The lowest BCUT2D eigenvalue weighted by Gasteiger charge is -2.31. The topological polar surface area (TPSA) is 64.8 Å². The molecule has 1 fully saturated rings. The van der Waals surface area contributed by atoms with E-state index in [-0.39, 0.29) is 30.1 Å². The Balaban J connectivity index is 1.26. The second-order valence-electron chi connectivity index (χ2n) is 7.27. The van der Waals surface area contributed by atoms with Crippen molar-refractivity contribution in [2.24, 2.45) is 0 Å². The Morgan fingerprint density at radius 1 is 1.03 bits per heavy atom. The van der Waals surface area contributed by atoms with Crippen LogP contribution >= 0.6 is 0 Å². The fraction of sp³-hybridized carbons (Fsp3) is 0.273. The SMILES string of the molecule is O=C(c1cc(-c2ccc3c(c2)OCO3)on1)N1CCC(c2cccc(F)c2)CC1. The summed E-state index contributed by atoms with van der Waals surface area (Å²) in [6.07, 6.45) is 1.59. The van der Waals surface area contributed by atoms with Crippen molar-refractivity contribution in [3.8, 4) is 22.8 Å². The summed E-state index contributed by atoms with van der Waals surface area (Å²) in [6.45, 7) is 1.41. The number of piperidine rings is 1. The van der Waals surface area contributed by atoms with Crippen LogP contribution < -0.4 is 9.47 Å². The maximum atomic E-state index is 13.5. The molecule has 0 aliphatic carbocycles. The van der Waals surface area contributed by atoms with Crippen molar-refractivity contribution in [3.63, 3.8) is 0 Å². The molecule has 0 unspecified atom stereocenters. The molecule has 2 aliphatic heterocycles. The number of halogens is 1. The van der Waals surface area contributed by atoms with Crippen LogP contribution in [-0.2, 0) is 0 Å². The minimum atomic E-state index is -0.223. The average Bonchev–Trinajstić information content (AvgIpc) is 3.42. The smallest absolute Gasteiger partial charge is 0.276 e. The Labute approximate surface area is 166 Å². The number of aromatic nitrogens is 1. The van der Waals surface area contributed by atoms with E-state index >= 15 is 0 Å². The zero-order valence-corrected chi connectivity index (χ0v) is 15.6. The van der Waals surface area contributed by atoms with Crippen LogP contribution in [0.2, 0.25) is 0 Å². The number of amides is 1. The van der Waals surface area contributed by atoms with Crippen molar-refractivity contribution < 1.29 is 23.2 Å². The number of fused-ring (bicyclic) bond motifs is 1. The van der Waals surface area contributed by atoms with Crippen molar-refractivity contribution in [2.45, 2.75) is 18.8 Å².